The first kappa shape index (κ1) is 17.1. The van der Waals surface area contributed by atoms with Crippen molar-refractivity contribution in [2.45, 2.75) is 30.8 Å². The van der Waals surface area contributed by atoms with Gasteiger partial charge in [-0.3, -0.25) is 9.59 Å². The molecule has 2 atom stereocenters. The molecule has 0 radical (unpaired) electrons. The second kappa shape index (κ2) is 7.87. The third kappa shape index (κ3) is 4.63. The Balaban J connectivity index is 1.90. The van der Waals surface area contributed by atoms with Crippen molar-refractivity contribution < 1.29 is 14.0 Å². The van der Waals surface area contributed by atoms with Crippen LogP contribution in [0.5, 0.6) is 0 Å². The van der Waals surface area contributed by atoms with Crippen LogP contribution in [0.1, 0.15) is 35.8 Å². The average molecular weight is 332 g/mol. The van der Waals surface area contributed by atoms with Gasteiger partial charge >= 0.3 is 0 Å². The second-order valence-corrected chi connectivity index (χ2v) is 6.09. The molecule has 1 aromatic heterocycles. The molecule has 2 aromatic rings. The maximum absolute atomic E-state index is 12.2. The van der Waals surface area contributed by atoms with E-state index in [0.29, 0.717) is 5.56 Å². The number of hydrogen-bond donors (Lipinski definition) is 2. The molecule has 0 saturated carbocycles. The predicted octanol–water partition coefficient (Wildman–Crippen LogP) is 3.00. The lowest BCUT2D eigenvalue weighted by Gasteiger charge is -2.19. The summed E-state index contributed by atoms with van der Waals surface area (Å²) in [5.74, 6) is -0.568. The Labute approximate surface area is 139 Å². The third-order valence-corrected chi connectivity index (χ3v) is 4.24. The van der Waals surface area contributed by atoms with Gasteiger partial charge in [-0.1, -0.05) is 12.1 Å². The Hall–Kier alpha value is -2.21. The van der Waals surface area contributed by atoms with E-state index in [1.54, 1.807) is 24.8 Å². The number of furan rings is 1. The van der Waals surface area contributed by atoms with E-state index in [0.717, 1.165) is 5.56 Å². The van der Waals surface area contributed by atoms with Crippen LogP contribution in [0.2, 0.25) is 0 Å². The number of carbonyl (C=O) groups excluding carboxylic acids is 2. The molecular weight excluding hydrogens is 312 g/mol. The molecule has 1 heterocycles. The number of carbonyl (C=O) groups is 2. The lowest BCUT2D eigenvalue weighted by molar-refractivity contribution is -0.123. The fourth-order valence-electron chi connectivity index (χ4n) is 2.05. The number of benzene rings is 1. The average Bonchev–Trinajstić information content (AvgIpc) is 3.09. The topological polar surface area (TPSA) is 71.3 Å². The minimum Gasteiger partial charge on any atom is -0.472 e. The molecule has 0 aliphatic heterocycles. The van der Waals surface area contributed by atoms with E-state index < -0.39 is 6.04 Å². The van der Waals surface area contributed by atoms with Gasteiger partial charge in [0.15, 0.2) is 0 Å². The molecule has 23 heavy (non-hydrogen) atoms. The van der Waals surface area contributed by atoms with Gasteiger partial charge < -0.3 is 15.1 Å². The number of amides is 2. The minimum absolute atomic E-state index is 0.133. The summed E-state index contributed by atoms with van der Waals surface area (Å²) in [4.78, 5) is 25.3. The molecule has 0 bridgehead atoms. The number of nitrogens with one attached hydrogen (secondary N) is 2. The summed E-state index contributed by atoms with van der Waals surface area (Å²) in [6, 6.07) is 8.81. The standard InChI is InChI=1S/C17H20N2O3S/c1-11(13-4-6-15(23-3)7-5-13)18-16(20)12(2)19-17(21)14-8-9-22-10-14/h4-12H,1-3H3,(H,18,20)(H,19,21)/t11-,12-/m0/s1. The maximum atomic E-state index is 12.2. The van der Waals surface area contributed by atoms with E-state index >= 15 is 0 Å². The Bertz CT molecular complexity index is 653. The molecule has 0 aliphatic rings. The van der Waals surface area contributed by atoms with E-state index in [1.165, 1.54) is 17.4 Å². The molecule has 0 fully saturated rings. The zero-order chi connectivity index (χ0) is 16.8. The van der Waals surface area contributed by atoms with E-state index in [-0.39, 0.29) is 17.9 Å². The largest absolute Gasteiger partial charge is 0.472 e. The minimum atomic E-state index is -0.634. The van der Waals surface area contributed by atoms with Crippen LogP contribution in [-0.2, 0) is 4.79 Å². The molecule has 0 aliphatic carbocycles. The Kier molecular flexibility index (Phi) is 5.87. The Morgan fingerprint density at radius 1 is 1.09 bits per heavy atom. The Morgan fingerprint density at radius 2 is 1.78 bits per heavy atom. The first-order chi connectivity index (χ1) is 11.0. The van der Waals surface area contributed by atoms with Crippen molar-refractivity contribution >= 4 is 23.6 Å². The molecule has 2 N–H and O–H groups in total. The molecule has 1 aromatic carbocycles. The monoisotopic (exact) mass is 332 g/mol. The highest BCUT2D eigenvalue weighted by Gasteiger charge is 2.19. The summed E-state index contributed by atoms with van der Waals surface area (Å²) in [5.41, 5.74) is 1.41. The van der Waals surface area contributed by atoms with Gasteiger partial charge in [0.2, 0.25) is 5.91 Å². The van der Waals surface area contributed by atoms with Crippen molar-refractivity contribution in [2.24, 2.45) is 0 Å². The Morgan fingerprint density at radius 3 is 2.35 bits per heavy atom. The zero-order valence-corrected chi connectivity index (χ0v) is 14.1. The van der Waals surface area contributed by atoms with Crippen LogP contribution in [0.25, 0.3) is 0 Å². The van der Waals surface area contributed by atoms with E-state index in [4.69, 9.17) is 4.42 Å². The third-order valence-electron chi connectivity index (χ3n) is 3.50. The van der Waals surface area contributed by atoms with Crippen LogP contribution in [0.4, 0.5) is 0 Å². The highest BCUT2D eigenvalue weighted by molar-refractivity contribution is 7.98. The summed E-state index contributed by atoms with van der Waals surface area (Å²) < 4.78 is 4.86. The second-order valence-electron chi connectivity index (χ2n) is 5.21. The van der Waals surface area contributed by atoms with E-state index in [9.17, 15) is 9.59 Å². The number of rotatable bonds is 6. The first-order valence-corrected chi connectivity index (χ1v) is 8.51. The van der Waals surface area contributed by atoms with Crippen molar-refractivity contribution in [3.8, 4) is 0 Å². The number of thioether (sulfide) groups is 1. The van der Waals surface area contributed by atoms with Crippen molar-refractivity contribution in [1.82, 2.24) is 10.6 Å². The highest BCUT2D eigenvalue weighted by Crippen LogP contribution is 2.18. The molecule has 0 spiro atoms. The quantitative estimate of drug-likeness (QED) is 0.798. The summed E-state index contributed by atoms with van der Waals surface area (Å²) >= 11 is 1.67. The first-order valence-electron chi connectivity index (χ1n) is 7.28. The molecule has 0 unspecified atom stereocenters. The molecule has 2 amide bonds. The van der Waals surface area contributed by atoms with Crippen LogP contribution in [0, 0.1) is 0 Å². The predicted molar refractivity (Wildman–Crippen MR) is 90.4 cm³/mol. The SMILES string of the molecule is CSc1ccc([C@H](C)NC(=O)[C@H](C)NC(=O)c2ccoc2)cc1. The van der Waals surface area contributed by atoms with Crippen LogP contribution >= 0.6 is 11.8 Å². The fourth-order valence-corrected chi connectivity index (χ4v) is 2.46. The molecule has 0 saturated heterocycles. The molecule has 6 heteroatoms. The lowest BCUT2D eigenvalue weighted by Crippen LogP contribution is -2.45. The van der Waals surface area contributed by atoms with Crippen LogP contribution in [0.3, 0.4) is 0 Å². The van der Waals surface area contributed by atoms with E-state index in [2.05, 4.69) is 10.6 Å². The lowest BCUT2D eigenvalue weighted by atomic mass is 10.1. The van der Waals surface area contributed by atoms with Gasteiger partial charge in [-0.2, -0.15) is 0 Å². The molecule has 122 valence electrons. The highest BCUT2D eigenvalue weighted by atomic mass is 32.2. The smallest absolute Gasteiger partial charge is 0.255 e. The van der Waals surface area contributed by atoms with Gasteiger partial charge in [0.05, 0.1) is 17.9 Å². The van der Waals surface area contributed by atoms with Gasteiger partial charge in [0, 0.05) is 4.90 Å². The van der Waals surface area contributed by atoms with Gasteiger partial charge in [-0.25, -0.2) is 0 Å². The normalized spacial score (nSPS) is 13.2. The van der Waals surface area contributed by atoms with Crippen LogP contribution in [-0.4, -0.2) is 24.1 Å². The number of hydrogen-bond acceptors (Lipinski definition) is 4. The van der Waals surface area contributed by atoms with E-state index in [1.807, 2.05) is 37.4 Å². The van der Waals surface area contributed by atoms with Crippen molar-refractivity contribution in [3.05, 3.63) is 54.0 Å². The van der Waals surface area contributed by atoms with Crippen molar-refractivity contribution in [2.75, 3.05) is 6.26 Å². The molecular formula is C17H20N2O3S. The molecule has 2 rings (SSSR count). The zero-order valence-electron chi connectivity index (χ0n) is 13.3. The van der Waals surface area contributed by atoms with Gasteiger partial charge in [0.25, 0.3) is 5.91 Å². The van der Waals surface area contributed by atoms with Crippen LogP contribution < -0.4 is 10.6 Å². The molecule has 5 nitrogen and oxygen atoms in total. The maximum Gasteiger partial charge on any atom is 0.255 e. The summed E-state index contributed by atoms with van der Waals surface area (Å²) in [5, 5.41) is 5.54. The van der Waals surface area contributed by atoms with Gasteiger partial charge in [-0.15, -0.1) is 11.8 Å². The van der Waals surface area contributed by atoms with Crippen LogP contribution in [0.15, 0.2) is 52.2 Å². The van der Waals surface area contributed by atoms with Gasteiger partial charge in [0.1, 0.15) is 12.3 Å². The summed E-state index contributed by atoms with van der Waals surface area (Å²) in [6.07, 6.45) is 4.78. The van der Waals surface area contributed by atoms with Gasteiger partial charge in [-0.05, 0) is 43.9 Å². The van der Waals surface area contributed by atoms with Crippen molar-refractivity contribution in [3.63, 3.8) is 0 Å². The summed E-state index contributed by atoms with van der Waals surface area (Å²) in [6.45, 7) is 3.56. The fraction of sp³-hybridized carbons (Fsp3) is 0.294. The van der Waals surface area contributed by atoms with Crippen molar-refractivity contribution in [1.29, 1.82) is 0 Å². The summed E-state index contributed by atoms with van der Waals surface area (Å²) in [7, 11) is 0.